The fourth-order valence-corrected chi connectivity index (χ4v) is 7.34. The Hall–Kier alpha value is -4.63. The van der Waals surface area contributed by atoms with Crippen molar-refractivity contribution in [2.24, 2.45) is 23.0 Å². The van der Waals surface area contributed by atoms with Gasteiger partial charge in [0.2, 0.25) is 12.6 Å². The normalized spacial score (nSPS) is 23.3. The summed E-state index contributed by atoms with van der Waals surface area (Å²) >= 11 is 0. The molecule has 4 atom stereocenters. The second-order valence-electron chi connectivity index (χ2n) is 14.8. The second-order valence-corrected chi connectivity index (χ2v) is 14.8. The molecule has 1 aromatic rings. The minimum absolute atomic E-state index is 0.0465. The highest BCUT2D eigenvalue weighted by Gasteiger charge is 2.64. The quantitative estimate of drug-likeness (QED) is 0.135. The third-order valence-electron chi connectivity index (χ3n) is 9.40. The molecule has 4 unspecified atom stereocenters. The number of carbonyl (C=O) groups is 5. The third-order valence-corrected chi connectivity index (χ3v) is 9.40. The summed E-state index contributed by atoms with van der Waals surface area (Å²) in [6.07, 6.45) is -0.0358. The number of amides is 2. The Bertz CT molecular complexity index is 1670. The number of aromatic hydroxyl groups is 1. The maximum Gasteiger partial charge on any atom is 0.412 e. The zero-order valence-electron chi connectivity index (χ0n) is 29.8. The van der Waals surface area contributed by atoms with Gasteiger partial charge < -0.3 is 45.4 Å². The van der Waals surface area contributed by atoms with Gasteiger partial charge in [0, 0.05) is 49.8 Å². The van der Waals surface area contributed by atoms with E-state index in [0.717, 1.165) is 0 Å². The highest BCUT2D eigenvalue weighted by molar-refractivity contribution is 6.24. The number of nitrogens with zero attached hydrogens (tertiary/aromatic N) is 3. The summed E-state index contributed by atoms with van der Waals surface area (Å²) in [7, 11) is 6.57. The van der Waals surface area contributed by atoms with Crippen molar-refractivity contribution in [3.05, 3.63) is 39.7 Å². The Balaban J connectivity index is 1.83. The lowest BCUT2D eigenvalue weighted by atomic mass is 9.57. The van der Waals surface area contributed by atoms with E-state index in [0.29, 0.717) is 17.7 Å². The molecule has 274 valence electrons. The van der Waals surface area contributed by atoms with E-state index in [-0.39, 0.29) is 49.1 Å². The molecule has 4 rings (SSSR count). The molecule has 6 N–H and O–H groups in total. The first-order valence-corrected chi connectivity index (χ1v) is 16.4. The predicted molar refractivity (Wildman–Crippen MR) is 181 cm³/mol. The molecule has 0 heterocycles. The summed E-state index contributed by atoms with van der Waals surface area (Å²) in [6.45, 7) is 6.83. The van der Waals surface area contributed by atoms with Gasteiger partial charge in [-0.15, -0.1) is 0 Å². The molecule has 50 heavy (non-hydrogen) atoms. The second kappa shape index (κ2) is 13.9. The monoisotopic (exact) mass is 700 g/mol. The van der Waals surface area contributed by atoms with Gasteiger partial charge in [0.05, 0.1) is 18.2 Å². The number of aliphatic hydroxyl groups is 3. The SMILES string of the molecule is CCCC(=O)OCOC(=O)N(Cc1cc(N(C)C)c2c(c1O)C(O)=C1C(=O)C3(O)C(O)=C(C(N)=O)C(=O)C(N(C)C)C3CC1C2)CC(C)(C)C. The van der Waals surface area contributed by atoms with E-state index in [4.69, 9.17) is 15.2 Å². The van der Waals surface area contributed by atoms with E-state index in [1.54, 1.807) is 32.0 Å². The topological polar surface area (TPSA) is 220 Å². The molecule has 0 aromatic heterocycles. The molecule has 0 spiro atoms. The van der Waals surface area contributed by atoms with E-state index < -0.39 is 88.1 Å². The van der Waals surface area contributed by atoms with Crippen molar-refractivity contribution >= 4 is 41.0 Å². The number of fused-ring (bicyclic) bond motifs is 3. The first kappa shape index (κ1) is 38.2. The lowest BCUT2D eigenvalue weighted by Crippen LogP contribution is -2.65. The smallest absolute Gasteiger partial charge is 0.412 e. The fourth-order valence-electron chi connectivity index (χ4n) is 7.34. The van der Waals surface area contributed by atoms with Crippen LogP contribution in [0.2, 0.25) is 0 Å². The minimum Gasteiger partial charge on any atom is -0.508 e. The number of ketones is 2. The maximum atomic E-state index is 14.3. The van der Waals surface area contributed by atoms with Crippen LogP contribution in [-0.2, 0) is 41.6 Å². The molecule has 15 heteroatoms. The highest BCUT2D eigenvalue weighted by Crippen LogP contribution is 2.54. The molecule has 0 saturated heterocycles. The molecule has 0 radical (unpaired) electrons. The van der Waals surface area contributed by atoms with Crippen LogP contribution < -0.4 is 10.6 Å². The Morgan fingerprint density at radius 2 is 1.70 bits per heavy atom. The average molecular weight is 701 g/mol. The summed E-state index contributed by atoms with van der Waals surface area (Å²) in [5, 5.41) is 46.6. The van der Waals surface area contributed by atoms with Crippen LogP contribution in [0, 0.1) is 17.3 Å². The Morgan fingerprint density at radius 3 is 2.24 bits per heavy atom. The number of anilines is 1. The van der Waals surface area contributed by atoms with Crippen molar-refractivity contribution in [2.75, 3.05) is 46.4 Å². The van der Waals surface area contributed by atoms with E-state index in [9.17, 15) is 44.4 Å². The van der Waals surface area contributed by atoms with Crippen LogP contribution in [0.4, 0.5) is 10.5 Å². The first-order valence-electron chi connectivity index (χ1n) is 16.4. The Labute approximate surface area is 290 Å². The van der Waals surface area contributed by atoms with Gasteiger partial charge >= 0.3 is 12.1 Å². The zero-order valence-corrected chi connectivity index (χ0v) is 29.8. The number of esters is 1. The van der Waals surface area contributed by atoms with Gasteiger partial charge in [0.25, 0.3) is 5.91 Å². The van der Waals surface area contributed by atoms with Crippen molar-refractivity contribution in [2.45, 2.75) is 71.6 Å². The number of nitrogens with two attached hydrogens (primary N) is 1. The molecular weight excluding hydrogens is 652 g/mol. The number of likely N-dealkylation sites (N-methyl/N-ethyl adjacent to an activating group) is 1. The number of benzene rings is 1. The molecule has 1 saturated carbocycles. The van der Waals surface area contributed by atoms with Crippen LogP contribution in [0.25, 0.3) is 5.76 Å². The Morgan fingerprint density at radius 1 is 1.06 bits per heavy atom. The lowest BCUT2D eigenvalue weighted by molar-refractivity contribution is -0.154. The minimum atomic E-state index is -2.77. The van der Waals surface area contributed by atoms with Crippen molar-refractivity contribution in [1.29, 1.82) is 0 Å². The van der Waals surface area contributed by atoms with Crippen molar-refractivity contribution in [3.63, 3.8) is 0 Å². The van der Waals surface area contributed by atoms with E-state index in [2.05, 4.69) is 0 Å². The van der Waals surface area contributed by atoms with Crippen LogP contribution in [0.15, 0.2) is 23.0 Å². The van der Waals surface area contributed by atoms with Gasteiger partial charge in [-0.2, -0.15) is 0 Å². The number of hydrogen-bond acceptors (Lipinski definition) is 13. The van der Waals surface area contributed by atoms with Crippen LogP contribution in [-0.4, -0.2) is 113 Å². The van der Waals surface area contributed by atoms with E-state index in [1.165, 1.54) is 23.9 Å². The number of ether oxygens (including phenoxy) is 2. The molecule has 3 aliphatic rings. The summed E-state index contributed by atoms with van der Waals surface area (Å²) in [4.78, 5) is 69.5. The molecule has 1 aromatic carbocycles. The zero-order chi connectivity index (χ0) is 37.6. The van der Waals surface area contributed by atoms with Crippen molar-refractivity contribution in [3.8, 4) is 5.75 Å². The van der Waals surface area contributed by atoms with Crippen LogP contribution in [0.1, 0.15) is 63.6 Å². The van der Waals surface area contributed by atoms with Gasteiger partial charge in [-0.1, -0.05) is 27.7 Å². The van der Waals surface area contributed by atoms with E-state index >= 15 is 0 Å². The molecule has 0 bridgehead atoms. The largest absolute Gasteiger partial charge is 0.508 e. The highest BCUT2D eigenvalue weighted by atomic mass is 16.7. The summed E-state index contributed by atoms with van der Waals surface area (Å²) in [6, 6.07) is 0.471. The van der Waals surface area contributed by atoms with Crippen LogP contribution >= 0.6 is 0 Å². The van der Waals surface area contributed by atoms with Crippen LogP contribution in [0.5, 0.6) is 5.75 Å². The van der Waals surface area contributed by atoms with Crippen molar-refractivity contribution < 1.29 is 53.9 Å². The fraction of sp³-hybridized carbons (Fsp3) is 0.571. The number of phenols is 1. The number of aliphatic hydroxyl groups excluding tert-OH is 2. The summed E-state index contributed by atoms with van der Waals surface area (Å²) < 4.78 is 10.2. The number of primary amides is 1. The average Bonchev–Trinajstić information content (AvgIpc) is 2.98. The van der Waals surface area contributed by atoms with Gasteiger partial charge in [-0.05, 0) is 56.3 Å². The van der Waals surface area contributed by atoms with Gasteiger partial charge in [0.1, 0.15) is 22.8 Å². The molecule has 0 aliphatic heterocycles. The third kappa shape index (κ3) is 6.75. The molecule has 2 amide bonds. The molecular formula is C35H48N4O11. The number of carbonyl (C=O) groups excluding carboxylic acids is 5. The maximum absolute atomic E-state index is 14.3. The van der Waals surface area contributed by atoms with Crippen molar-refractivity contribution in [1.82, 2.24) is 9.80 Å². The van der Waals surface area contributed by atoms with Gasteiger partial charge in [-0.25, -0.2) is 4.79 Å². The van der Waals surface area contributed by atoms with Crippen LogP contribution in [0.3, 0.4) is 0 Å². The standard InChI is InChI=1S/C35H48N4O11/c1-9-10-22(40)49-16-50-33(47)39(15-34(2,3)4)14-18-13-21(37(5)6)19-11-17-12-20-26(38(7)8)29(43)25(32(36)46)31(45)35(20,48)30(44)23(17)28(42)24(19)27(18)41/h13,17,20,26,41-42,45,48H,9-12,14-16H2,1-8H3,(H2,36,46). The Kier molecular flexibility index (Phi) is 10.6. The van der Waals surface area contributed by atoms with Gasteiger partial charge in [0.15, 0.2) is 11.4 Å². The number of rotatable bonds is 10. The first-order chi connectivity index (χ1) is 23.2. The summed E-state index contributed by atoms with van der Waals surface area (Å²) in [5.41, 5.74) is 2.18. The number of hydrogen-bond donors (Lipinski definition) is 5. The molecule has 1 fully saturated rings. The number of phenolic OH excluding ortho intramolecular Hbond substituents is 1. The van der Waals surface area contributed by atoms with E-state index in [1.807, 2.05) is 20.8 Å². The lowest BCUT2D eigenvalue weighted by Gasteiger charge is -2.50. The summed E-state index contributed by atoms with van der Waals surface area (Å²) in [5.74, 6) is -7.97. The molecule has 15 nitrogen and oxygen atoms in total. The number of Topliss-reactive ketones (excluding diaryl/α,β-unsaturated/α-hetero) is 2. The van der Waals surface area contributed by atoms with Gasteiger partial charge in [-0.3, -0.25) is 24.1 Å². The molecule has 3 aliphatic carbocycles. The predicted octanol–water partition coefficient (Wildman–Crippen LogP) is 2.32.